The van der Waals surface area contributed by atoms with Gasteiger partial charge >= 0.3 is 6.09 Å². The number of carbonyl (C=O) groups is 1. The second kappa shape index (κ2) is 10.7. The van der Waals surface area contributed by atoms with E-state index in [2.05, 4.69) is 48.7 Å². The van der Waals surface area contributed by atoms with Gasteiger partial charge in [0, 0.05) is 24.5 Å². The maximum Gasteiger partial charge on any atom is 0.407 e. The first-order valence-corrected chi connectivity index (χ1v) is 10.8. The number of amides is 1. The number of nitrogens with one attached hydrogen (secondary N) is 2. The number of alkyl carbamates (subject to hydrolysis) is 1. The summed E-state index contributed by atoms with van der Waals surface area (Å²) in [5, 5.41) is 6.57. The number of ether oxygens (including phenoxy) is 2. The Hall–Kier alpha value is -1.75. The van der Waals surface area contributed by atoms with Gasteiger partial charge in [-0.1, -0.05) is 32.4 Å². The lowest BCUT2D eigenvalue weighted by Gasteiger charge is -2.49. The highest BCUT2D eigenvalue weighted by Gasteiger charge is 2.45. The Morgan fingerprint density at radius 2 is 1.79 bits per heavy atom. The molecule has 2 rings (SSSR count). The van der Waals surface area contributed by atoms with E-state index in [1.54, 1.807) is 0 Å². The number of rotatable bonds is 11. The van der Waals surface area contributed by atoms with E-state index in [0.29, 0.717) is 25.1 Å². The Morgan fingerprint density at radius 1 is 1.11 bits per heavy atom. The standard InChI is InChI=1S/C23H38N2O3/c1-6-27-20-10-8-19(9-11-20)23(12-7-13-23)21(16-17(2)3)24-14-15-25-22(26)28-18(4)5/h8-11,17-18,21,24H,6-7,12-16H2,1-5H3,(H,25,26). The van der Waals surface area contributed by atoms with Gasteiger partial charge in [-0.2, -0.15) is 0 Å². The van der Waals surface area contributed by atoms with E-state index in [1.807, 2.05) is 20.8 Å². The van der Waals surface area contributed by atoms with E-state index < -0.39 is 0 Å². The van der Waals surface area contributed by atoms with Crippen LogP contribution in [-0.4, -0.2) is 37.9 Å². The Balaban J connectivity index is 2.01. The predicted octanol–water partition coefficient (Wildman–Crippen LogP) is 4.65. The average Bonchev–Trinajstić information content (AvgIpc) is 2.58. The summed E-state index contributed by atoms with van der Waals surface area (Å²) in [6.07, 6.45) is 4.34. The third-order valence-electron chi connectivity index (χ3n) is 5.49. The third kappa shape index (κ3) is 6.13. The molecule has 0 radical (unpaired) electrons. The van der Waals surface area contributed by atoms with Crippen LogP contribution in [0.15, 0.2) is 24.3 Å². The fraction of sp³-hybridized carbons (Fsp3) is 0.696. The molecule has 1 saturated carbocycles. The number of carbonyl (C=O) groups excluding carboxylic acids is 1. The lowest BCUT2D eigenvalue weighted by molar-refractivity contribution is 0.115. The normalized spacial score (nSPS) is 16.5. The van der Waals surface area contributed by atoms with Crippen LogP contribution in [0, 0.1) is 5.92 Å². The molecule has 2 N–H and O–H groups in total. The van der Waals surface area contributed by atoms with Crippen molar-refractivity contribution < 1.29 is 14.3 Å². The summed E-state index contributed by atoms with van der Waals surface area (Å²) in [5.41, 5.74) is 1.57. The topological polar surface area (TPSA) is 59.6 Å². The highest BCUT2D eigenvalue weighted by atomic mass is 16.6. The Kier molecular flexibility index (Phi) is 8.61. The van der Waals surface area contributed by atoms with E-state index in [0.717, 1.165) is 18.7 Å². The lowest BCUT2D eigenvalue weighted by Crippen LogP contribution is -2.54. The molecule has 1 aromatic carbocycles. The molecule has 1 atom stereocenters. The van der Waals surface area contributed by atoms with Gasteiger partial charge in [-0.05, 0) is 63.6 Å². The summed E-state index contributed by atoms with van der Waals surface area (Å²) in [6, 6.07) is 9.04. The molecule has 0 spiro atoms. The van der Waals surface area contributed by atoms with E-state index in [1.165, 1.54) is 24.8 Å². The summed E-state index contributed by atoms with van der Waals surface area (Å²) >= 11 is 0. The minimum absolute atomic E-state index is 0.0976. The molecule has 0 bridgehead atoms. The maximum absolute atomic E-state index is 11.7. The van der Waals surface area contributed by atoms with Crippen molar-refractivity contribution in [1.82, 2.24) is 10.6 Å². The van der Waals surface area contributed by atoms with Gasteiger partial charge in [0.1, 0.15) is 5.75 Å². The molecular formula is C23H38N2O3. The molecule has 0 aromatic heterocycles. The summed E-state index contributed by atoms with van der Waals surface area (Å²) in [5.74, 6) is 1.54. The molecule has 1 aromatic rings. The highest BCUT2D eigenvalue weighted by Crippen LogP contribution is 2.48. The number of hydrogen-bond donors (Lipinski definition) is 2. The first kappa shape index (κ1) is 22.5. The quantitative estimate of drug-likeness (QED) is 0.540. The smallest absolute Gasteiger partial charge is 0.407 e. The lowest BCUT2D eigenvalue weighted by atomic mass is 9.59. The van der Waals surface area contributed by atoms with E-state index in [9.17, 15) is 4.79 Å². The van der Waals surface area contributed by atoms with Crippen LogP contribution in [0.3, 0.4) is 0 Å². The first-order chi connectivity index (χ1) is 13.4. The number of hydrogen-bond acceptors (Lipinski definition) is 4. The number of benzene rings is 1. The summed E-state index contributed by atoms with van der Waals surface area (Å²) < 4.78 is 10.7. The zero-order valence-corrected chi connectivity index (χ0v) is 18.2. The molecule has 1 amide bonds. The first-order valence-electron chi connectivity index (χ1n) is 10.8. The second-order valence-electron chi connectivity index (χ2n) is 8.48. The van der Waals surface area contributed by atoms with Crippen molar-refractivity contribution in [3.8, 4) is 5.75 Å². The van der Waals surface area contributed by atoms with Crippen molar-refractivity contribution in [2.75, 3.05) is 19.7 Å². The maximum atomic E-state index is 11.7. The van der Waals surface area contributed by atoms with Gasteiger partial charge in [0.05, 0.1) is 12.7 Å². The van der Waals surface area contributed by atoms with Gasteiger partial charge in [-0.15, -0.1) is 0 Å². The average molecular weight is 391 g/mol. The Bertz CT molecular complexity index is 594. The van der Waals surface area contributed by atoms with Crippen LogP contribution in [0.2, 0.25) is 0 Å². The van der Waals surface area contributed by atoms with E-state index in [-0.39, 0.29) is 17.6 Å². The van der Waals surface area contributed by atoms with Crippen molar-refractivity contribution in [3.05, 3.63) is 29.8 Å². The van der Waals surface area contributed by atoms with Crippen molar-refractivity contribution in [2.45, 2.75) is 77.9 Å². The molecule has 0 heterocycles. The fourth-order valence-electron chi connectivity index (χ4n) is 4.09. The molecule has 0 aliphatic heterocycles. The van der Waals surface area contributed by atoms with Gasteiger partial charge < -0.3 is 20.1 Å². The van der Waals surface area contributed by atoms with Crippen LogP contribution in [0.5, 0.6) is 5.75 Å². The zero-order valence-electron chi connectivity index (χ0n) is 18.2. The van der Waals surface area contributed by atoms with Crippen LogP contribution in [-0.2, 0) is 10.2 Å². The third-order valence-corrected chi connectivity index (χ3v) is 5.49. The minimum atomic E-state index is -0.345. The Labute approximate surface area is 170 Å². The molecule has 1 aliphatic carbocycles. The molecule has 1 aliphatic rings. The summed E-state index contributed by atoms with van der Waals surface area (Å²) in [4.78, 5) is 11.7. The van der Waals surface area contributed by atoms with Gasteiger partial charge in [-0.3, -0.25) is 0 Å². The van der Waals surface area contributed by atoms with E-state index >= 15 is 0 Å². The molecule has 5 nitrogen and oxygen atoms in total. The van der Waals surface area contributed by atoms with Crippen molar-refractivity contribution in [3.63, 3.8) is 0 Å². The monoisotopic (exact) mass is 390 g/mol. The minimum Gasteiger partial charge on any atom is -0.494 e. The molecule has 1 fully saturated rings. The molecule has 5 heteroatoms. The van der Waals surface area contributed by atoms with Crippen molar-refractivity contribution in [2.24, 2.45) is 5.92 Å². The molecular weight excluding hydrogens is 352 g/mol. The molecule has 158 valence electrons. The SMILES string of the molecule is CCOc1ccc(C2(C(CC(C)C)NCCNC(=O)OC(C)C)CCC2)cc1. The van der Waals surface area contributed by atoms with Crippen LogP contribution in [0.1, 0.15) is 65.9 Å². The largest absolute Gasteiger partial charge is 0.494 e. The van der Waals surface area contributed by atoms with E-state index in [4.69, 9.17) is 9.47 Å². The van der Waals surface area contributed by atoms with Crippen LogP contribution in [0.4, 0.5) is 4.79 Å². The summed E-state index contributed by atoms with van der Waals surface area (Å²) in [6.45, 7) is 12.3. The fourth-order valence-corrected chi connectivity index (χ4v) is 4.09. The molecule has 0 saturated heterocycles. The zero-order chi connectivity index (χ0) is 20.6. The highest BCUT2D eigenvalue weighted by molar-refractivity contribution is 5.67. The van der Waals surface area contributed by atoms with Crippen LogP contribution in [0.25, 0.3) is 0 Å². The predicted molar refractivity (Wildman–Crippen MR) is 114 cm³/mol. The summed E-state index contributed by atoms with van der Waals surface area (Å²) in [7, 11) is 0. The van der Waals surface area contributed by atoms with Crippen molar-refractivity contribution in [1.29, 1.82) is 0 Å². The van der Waals surface area contributed by atoms with Crippen LogP contribution >= 0.6 is 0 Å². The van der Waals surface area contributed by atoms with Gasteiger partial charge in [-0.25, -0.2) is 4.79 Å². The van der Waals surface area contributed by atoms with Crippen molar-refractivity contribution >= 4 is 6.09 Å². The Morgan fingerprint density at radius 3 is 2.29 bits per heavy atom. The van der Waals surface area contributed by atoms with Gasteiger partial charge in [0.2, 0.25) is 0 Å². The van der Waals surface area contributed by atoms with Crippen LogP contribution < -0.4 is 15.4 Å². The molecule has 28 heavy (non-hydrogen) atoms. The van der Waals surface area contributed by atoms with Gasteiger partial charge in [0.25, 0.3) is 0 Å². The van der Waals surface area contributed by atoms with Gasteiger partial charge in [0.15, 0.2) is 0 Å². The molecule has 1 unspecified atom stereocenters. The second-order valence-corrected chi connectivity index (χ2v) is 8.48.